The molecule has 0 aliphatic carbocycles. The van der Waals surface area contributed by atoms with Crippen LogP contribution in [0.15, 0.2) is 57.7 Å². The van der Waals surface area contributed by atoms with Crippen molar-refractivity contribution in [2.24, 2.45) is 0 Å². The van der Waals surface area contributed by atoms with Gasteiger partial charge in [0.2, 0.25) is 5.43 Å². The van der Waals surface area contributed by atoms with Crippen LogP contribution in [0.2, 0.25) is 10.0 Å². The van der Waals surface area contributed by atoms with Crippen molar-refractivity contribution in [2.45, 2.75) is 26.9 Å². The first kappa shape index (κ1) is 21.2. The minimum atomic E-state index is -0.817. The summed E-state index contributed by atoms with van der Waals surface area (Å²) in [5.74, 6) is -0.0175. The summed E-state index contributed by atoms with van der Waals surface area (Å²) in [6.07, 6.45) is -0.817. The zero-order chi connectivity index (χ0) is 22.3. The van der Waals surface area contributed by atoms with E-state index in [1.165, 1.54) is 0 Å². The number of carbonyl (C=O) groups excluding carboxylic acids is 1. The highest BCUT2D eigenvalue weighted by molar-refractivity contribution is 6.35. The number of rotatable bonds is 4. The predicted octanol–water partition coefficient (Wildman–Crippen LogP) is 6.28. The number of ether oxygens (including phenoxy) is 1. The van der Waals surface area contributed by atoms with E-state index in [1.54, 1.807) is 49.4 Å². The van der Waals surface area contributed by atoms with Crippen LogP contribution in [0.4, 0.5) is 5.69 Å². The van der Waals surface area contributed by atoms with Crippen LogP contribution in [0.5, 0.6) is 5.75 Å². The van der Waals surface area contributed by atoms with Gasteiger partial charge in [0.25, 0.3) is 5.91 Å². The van der Waals surface area contributed by atoms with Gasteiger partial charge in [-0.1, -0.05) is 29.3 Å². The molecule has 1 atom stereocenters. The molecule has 0 saturated heterocycles. The molecule has 0 fully saturated rings. The molecule has 3 aromatic carbocycles. The zero-order valence-corrected chi connectivity index (χ0v) is 18.6. The predicted molar refractivity (Wildman–Crippen MR) is 125 cm³/mol. The van der Waals surface area contributed by atoms with E-state index in [-0.39, 0.29) is 11.3 Å². The van der Waals surface area contributed by atoms with E-state index in [9.17, 15) is 9.59 Å². The maximum absolute atomic E-state index is 12.9. The van der Waals surface area contributed by atoms with Gasteiger partial charge in [-0.15, -0.1) is 0 Å². The van der Waals surface area contributed by atoms with Crippen molar-refractivity contribution in [1.29, 1.82) is 0 Å². The Morgan fingerprint density at radius 2 is 1.77 bits per heavy atom. The Labute approximate surface area is 188 Å². The Kier molecular flexibility index (Phi) is 5.65. The van der Waals surface area contributed by atoms with Crippen LogP contribution in [0, 0.1) is 13.8 Å². The highest BCUT2D eigenvalue weighted by atomic mass is 35.5. The summed E-state index contributed by atoms with van der Waals surface area (Å²) in [5, 5.41) is 4.56. The number of aryl methyl sites for hydroxylation is 2. The first-order valence-corrected chi connectivity index (χ1v) is 10.4. The lowest BCUT2D eigenvalue weighted by Crippen LogP contribution is -2.30. The van der Waals surface area contributed by atoms with Crippen LogP contribution in [0.25, 0.3) is 21.9 Å². The summed E-state index contributed by atoms with van der Waals surface area (Å²) in [5.41, 5.74) is 3.28. The second-order valence-corrected chi connectivity index (χ2v) is 8.19. The van der Waals surface area contributed by atoms with Crippen LogP contribution in [0.3, 0.4) is 0 Å². The molecule has 0 bridgehead atoms. The van der Waals surface area contributed by atoms with Gasteiger partial charge in [-0.3, -0.25) is 9.59 Å². The van der Waals surface area contributed by atoms with Gasteiger partial charge in [0.15, 0.2) is 6.10 Å². The van der Waals surface area contributed by atoms with Gasteiger partial charge in [-0.05, 0) is 68.3 Å². The molecular weight excluding hydrogens is 437 g/mol. The van der Waals surface area contributed by atoms with Crippen molar-refractivity contribution in [1.82, 2.24) is 0 Å². The first-order chi connectivity index (χ1) is 14.7. The molecule has 0 spiro atoms. The summed E-state index contributed by atoms with van der Waals surface area (Å²) < 4.78 is 11.7. The minimum Gasteiger partial charge on any atom is -0.479 e. The third kappa shape index (κ3) is 4.11. The molecular formula is C24H19Cl2NO4. The van der Waals surface area contributed by atoms with Crippen LogP contribution in [-0.4, -0.2) is 12.0 Å². The van der Waals surface area contributed by atoms with Crippen LogP contribution < -0.4 is 15.5 Å². The van der Waals surface area contributed by atoms with E-state index in [4.69, 9.17) is 32.4 Å². The van der Waals surface area contributed by atoms with Crippen molar-refractivity contribution in [3.8, 4) is 5.75 Å². The number of nitrogens with one attached hydrogen (secondary N) is 1. The Hall–Kier alpha value is -3.02. The van der Waals surface area contributed by atoms with Crippen molar-refractivity contribution < 1.29 is 13.9 Å². The molecule has 1 amide bonds. The topological polar surface area (TPSA) is 68.5 Å². The fourth-order valence-corrected chi connectivity index (χ4v) is 3.74. The fourth-order valence-electron chi connectivity index (χ4n) is 3.29. The standard InChI is InChI=1S/C24H19Cl2NO4/c1-12-4-7-18-22(28)17-8-6-16(11-21(17)31-23(18)13(12)2)27-24(29)14(3)30-20-9-5-15(25)10-19(20)26/h4-11,14H,1-3H3,(H,27,29). The van der Waals surface area contributed by atoms with Gasteiger partial charge >= 0.3 is 0 Å². The maximum atomic E-state index is 12.9. The highest BCUT2D eigenvalue weighted by Gasteiger charge is 2.18. The maximum Gasteiger partial charge on any atom is 0.265 e. The van der Waals surface area contributed by atoms with E-state index in [0.29, 0.717) is 43.4 Å². The lowest BCUT2D eigenvalue weighted by atomic mass is 10.0. The van der Waals surface area contributed by atoms with Gasteiger partial charge in [0.05, 0.1) is 15.8 Å². The third-order valence-corrected chi connectivity index (χ3v) is 5.72. The summed E-state index contributed by atoms with van der Waals surface area (Å²) in [4.78, 5) is 25.5. The van der Waals surface area contributed by atoms with Crippen molar-refractivity contribution >= 4 is 56.7 Å². The molecule has 0 radical (unpaired) electrons. The number of anilines is 1. The fraction of sp³-hybridized carbons (Fsp3) is 0.167. The van der Waals surface area contributed by atoms with Crippen LogP contribution in [0.1, 0.15) is 18.1 Å². The molecule has 1 aromatic heterocycles. The van der Waals surface area contributed by atoms with Gasteiger partial charge in [0.1, 0.15) is 16.9 Å². The average Bonchev–Trinajstić information content (AvgIpc) is 2.73. The molecule has 0 saturated carbocycles. The molecule has 158 valence electrons. The van der Waals surface area contributed by atoms with Crippen LogP contribution in [-0.2, 0) is 4.79 Å². The Bertz CT molecular complexity index is 1390. The molecule has 0 aliphatic heterocycles. The lowest BCUT2D eigenvalue weighted by Gasteiger charge is -2.16. The summed E-state index contributed by atoms with van der Waals surface area (Å²) in [6.45, 7) is 5.49. The molecule has 4 aromatic rings. The third-order valence-electron chi connectivity index (χ3n) is 5.19. The van der Waals surface area contributed by atoms with E-state index in [0.717, 1.165) is 11.1 Å². The largest absolute Gasteiger partial charge is 0.479 e. The van der Waals surface area contributed by atoms with Gasteiger partial charge in [0, 0.05) is 16.8 Å². The molecule has 1 heterocycles. The van der Waals surface area contributed by atoms with E-state index in [2.05, 4.69) is 5.32 Å². The quantitative estimate of drug-likeness (QED) is 0.367. The molecule has 4 rings (SSSR count). The summed E-state index contributed by atoms with van der Waals surface area (Å²) in [6, 6.07) is 13.4. The SMILES string of the molecule is Cc1ccc2c(=O)c3ccc(NC(=O)C(C)Oc4ccc(Cl)cc4Cl)cc3oc2c1C. The zero-order valence-electron chi connectivity index (χ0n) is 17.1. The number of halogens is 2. The summed E-state index contributed by atoms with van der Waals surface area (Å²) >= 11 is 12.0. The molecule has 7 heteroatoms. The molecule has 5 nitrogen and oxygen atoms in total. The van der Waals surface area contributed by atoms with Crippen LogP contribution >= 0.6 is 23.2 Å². The lowest BCUT2D eigenvalue weighted by molar-refractivity contribution is -0.122. The van der Waals surface area contributed by atoms with E-state index in [1.807, 2.05) is 19.9 Å². The van der Waals surface area contributed by atoms with Crippen molar-refractivity contribution in [3.05, 3.63) is 79.9 Å². The van der Waals surface area contributed by atoms with Crippen molar-refractivity contribution in [3.63, 3.8) is 0 Å². The van der Waals surface area contributed by atoms with E-state index < -0.39 is 6.10 Å². The second kappa shape index (κ2) is 8.25. The molecule has 1 N–H and O–H groups in total. The number of amides is 1. The average molecular weight is 456 g/mol. The number of carbonyl (C=O) groups is 1. The smallest absolute Gasteiger partial charge is 0.265 e. The first-order valence-electron chi connectivity index (χ1n) is 9.64. The monoisotopic (exact) mass is 455 g/mol. The number of fused-ring (bicyclic) bond motifs is 2. The van der Waals surface area contributed by atoms with Gasteiger partial charge in [-0.25, -0.2) is 0 Å². The normalized spacial score (nSPS) is 12.2. The Balaban J connectivity index is 1.62. The second-order valence-electron chi connectivity index (χ2n) is 7.35. The minimum absolute atomic E-state index is 0.105. The number of benzene rings is 3. The van der Waals surface area contributed by atoms with E-state index >= 15 is 0 Å². The molecule has 1 unspecified atom stereocenters. The molecule has 31 heavy (non-hydrogen) atoms. The Morgan fingerprint density at radius 3 is 2.52 bits per heavy atom. The van der Waals surface area contributed by atoms with Gasteiger partial charge in [-0.2, -0.15) is 0 Å². The number of hydrogen-bond acceptors (Lipinski definition) is 4. The van der Waals surface area contributed by atoms with Gasteiger partial charge < -0.3 is 14.5 Å². The van der Waals surface area contributed by atoms with Crippen molar-refractivity contribution in [2.75, 3.05) is 5.32 Å². The number of hydrogen-bond donors (Lipinski definition) is 1. The Morgan fingerprint density at radius 1 is 1.03 bits per heavy atom. The highest BCUT2D eigenvalue weighted by Crippen LogP contribution is 2.29. The summed E-state index contributed by atoms with van der Waals surface area (Å²) in [7, 11) is 0. The molecule has 0 aliphatic rings.